The molecule has 3 nitrogen and oxygen atoms in total. The number of aliphatic hydroxyl groups is 1. The van der Waals surface area contributed by atoms with Crippen molar-refractivity contribution in [3.63, 3.8) is 0 Å². The molecule has 0 aliphatic heterocycles. The highest BCUT2D eigenvalue weighted by Crippen LogP contribution is 2.23. The summed E-state index contributed by atoms with van der Waals surface area (Å²) < 4.78 is 5.77. The molecule has 0 amide bonds. The van der Waals surface area contributed by atoms with E-state index in [1.165, 1.54) is 0 Å². The highest BCUT2D eigenvalue weighted by molar-refractivity contribution is 7.80. The number of hydrogen-bond donors (Lipinski definition) is 2. The molecule has 0 aromatic heterocycles. The summed E-state index contributed by atoms with van der Waals surface area (Å²) in [4.78, 5) is 0.549. The second kappa shape index (κ2) is 7.46. The van der Waals surface area contributed by atoms with Gasteiger partial charge in [0.25, 0.3) is 0 Å². The smallest absolute Gasteiger partial charge is 0.122 e. The van der Waals surface area contributed by atoms with Crippen LogP contribution in [-0.4, -0.2) is 23.3 Å². The lowest BCUT2D eigenvalue weighted by atomic mass is 9.88. The van der Waals surface area contributed by atoms with Crippen molar-refractivity contribution >= 4 is 17.2 Å². The first-order valence-electron chi connectivity index (χ1n) is 6.59. The molecule has 1 rings (SSSR count). The van der Waals surface area contributed by atoms with E-state index in [0.717, 1.165) is 24.2 Å². The Kier molecular flexibility index (Phi) is 6.25. The van der Waals surface area contributed by atoms with Gasteiger partial charge in [-0.1, -0.05) is 44.3 Å². The molecule has 0 fully saturated rings. The molecule has 4 heteroatoms. The van der Waals surface area contributed by atoms with Gasteiger partial charge in [-0.15, -0.1) is 0 Å². The summed E-state index contributed by atoms with van der Waals surface area (Å²) in [6.07, 6.45) is 2.43. The summed E-state index contributed by atoms with van der Waals surface area (Å²) in [6.45, 7) is 4.87. The number of nitrogens with two attached hydrogens (primary N) is 1. The second-order valence-electron chi connectivity index (χ2n) is 5.28. The van der Waals surface area contributed by atoms with Gasteiger partial charge in [0.05, 0.1) is 11.6 Å². The topological polar surface area (TPSA) is 55.5 Å². The van der Waals surface area contributed by atoms with Crippen molar-refractivity contribution < 1.29 is 9.84 Å². The maximum atomic E-state index is 9.00. The minimum absolute atomic E-state index is 0.122. The zero-order valence-corrected chi connectivity index (χ0v) is 12.5. The molecule has 1 aromatic rings. The van der Waals surface area contributed by atoms with Gasteiger partial charge in [-0.25, -0.2) is 0 Å². The summed E-state index contributed by atoms with van der Waals surface area (Å²) in [5.41, 5.74) is 6.61. The zero-order chi connectivity index (χ0) is 14.3. The van der Waals surface area contributed by atoms with Gasteiger partial charge >= 0.3 is 0 Å². The molecule has 3 N–H and O–H groups in total. The Hall–Kier alpha value is -1.13. The lowest BCUT2D eigenvalue weighted by molar-refractivity contribution is 0.276. The van der Waals surface area contributed by atoms with Crippen molar-refractivity contribution in [2.45, 2.75) is 33.1 Å². The highest BCUT2D eigenvalue weighted by atomic mass is 32.1. The molecule has 0 atom stereocenters. The molecular formula is C15H23NO2S. The molecule has 0 saturated heterocycles. The maximum absolute atomic E-state index is 9.00. The molecular weight excluding hydrogens is 258 g/mol. The maximum Gasteiger partial charge on any atom is 0.122 e. The SMILES string of the molecule is CC(C)(CCCOc1ccccc1CCO)C(N)=S. The Morgan fingerprint density at radius 2 is 2.05 bits per heavy atom. The highest BCUT2D eigenvalue weighted by Gasteiger charge is 2.20. The average molecular weight is 281 g/mol. The van der Waals surface area contributed by atoms with Crippen molar-refractivity contribution in [1.82, 2.24) is 0 Å². The predicted molar refractivity (Wildman–Crippen MR) is 82.5 cm³/mol. The fourth-order valence-electron chi connectivity index (χ4n) is 1.79. The number of para-hydroxylation sites is 1. The lowest BCUT2D eigenvalue weighted by Gasteiger charge is -2.22. The standard InChI is InChI=1S/C15H23NO2S/c1-15(2,14(16)19)9-5-11-18-13-7-4-3-6-12(13)8-10-17/h3-4,6-7,17H,5,8-11H2,1-2H3,(H2,16,19). The van der Waals surface area contributed by atoms with Gasteiger partial charge in [0.2, 0.25) is 0 Å². The van der Waals surface area contributed by atoms with E-state index >= 15 is 0 Å². The number of thiocarbonyl (C=S) groups is 1. The summed E-state index contributed by atoms with van der Waals surface area (Å²) >= 11 is 5.04. The van der Waals surface area contributed by atoms with Crippen molar-refractivity contribution in [2.75, 3.05) is 13.2 Å². The van der Waals surface area contributed by atoms with E-state index in [-0.39, 0.29) is 12.0 Å². The fraction of sp³-hybridized carbons (Fsp3) is 0.533. The molecule has 0 aliphatic carbocycles. The van der Waals surface area contributed by atoms with Gasteiger partial charge in [-0.05, 0) is 30.9 Å². The van der Waals surface area contributed by atoms with Crippen molar-refractivity contribution in [3.05, 3.63) is 29.8 Å². The molecule has 1 aromatic carbocycles. The van der Waals surface area contributed by atoms with Crippen LogP contribution >= 0.6 is 12.2 Å². The molecule has 106 valence electrons. The molecule has 0 radical (unpaired) electrons. The Morgan fingerprint density at radius 1 is 1.37 bits per heavy atom. The summed E-state index contributed by atoms with van der Waals surface area (Å²) in [5.74, 6) is 0.852. The molecule has 0 unspecified atom stereocenters. The normalized spacial score (nSPS) is 11.3. The van der Waals surface area contributed by atoms with Crippen molar-refractivity contribution in [3.8, 4) is 5.75 Å². The largest absolute Gasteiger partial charge is 0.493 e. The molecule has 0 aliphatic rings. The van der Waals surface area contributed by atoms with Crippen molar-refractivity contribution in [2.24, 2.45) is 11.1 Å². The molecule has 0 bridgehead atoms. The number of aliphatic hydroxyl groups excluding tert-OH is 1. The van der Waals surface area contributed by atoms with Crippen LogP contribution in [0.25, 0.3) is 0 Å². The molecule has 0 saturated carbocycles. The Balaban J connectivity index is 2.43. The minimum atomic E-state index is -0.122. The van der Waals surface area contributed by atoms with Crippen LogP contribution in [0.2, 0.25) is 0 Å². The fourth-order valence-corrected chi connectivity index (χ4v) is 1.89. The van der Waals surface area contributed by atoms with E-state index < -0.39 is 0 Å². The Morgan fingerprint density at radius 3 is 2.68 bits per heavy atom. The van der Waals surface area contributed by atoms with Gasteiger partial charge in [0.1, 0.15) is 5.75 Å². The number of ether oxygens (including phenoxy) is 1. The number of benzene rings is 1. The van der Waals surface area contributed by atoms with Crippen LogP contribution in [0.1, 0.15) is 32.3 Å². The summed E-state index contributed by atoms with van der Waals surface area (Å²) in [6, 6.07) is 7.80. The minimum Gasteiger partial charge on any atom is -0.493 e. The summed E-state index contributed by atoms with van der Waals surface area (Å²) in [7, 11) is 0. The van der Waals surface area contributed by atoms with E-state index in [2.05, 4.69) is 13.8 Å². The first-order valence-corrected chi connectivity index (χ1v) is 6.99. The lowest BCUT2D eigenvalue weighted by Crippen LogP contribution is -2.30. The van der Waals surface area contributed by atoms with E-state index in [0.29, 0.717) is 18.0 Å². The Labute approximate surface area is 120 Å². The first kappa shape index (κ1) is 15.9. The monoisotopic (exact) mass is 281 g/mol. The third-order valence-corrected chi connectivity index (χ3v) is 3.78. The third-order valence-electron chi connectivity index (χ3n) is 3.22. The number of rotatable bonds is 8. The average Bonchev–Trinajstić information content (AvgIpc) is 2.36. The molecule has 0 spiro atoms. The van der Waals surface area contributed by atoms with Gasteiger partial charge in [0, 0.05) is 12.0 Å². The summed E-state index contributed by atoms with van der Waals surface area (Å²) in [5, 5.41) is 9.00. The Bertz CT molecular complexity index is 418. The molecule has 19 heavy (non-hydrogen) atoms. The van der Waals surface area contributed by atoms with E-state index in [1.54, 1.807) is 0 Å². The van der Waals surface area contributed by atoms with Crippen LogP contribution in [0, 0.1) is 5.41 Å². The van der Waals surface area contributed by atoms with Crippen LogP contribution in [0.3, 0.4) is 0 Å². The van der Waals surface area contributed by atoms with Gasteiger partial charge in [-0.3, -0.25) is 0 Å². The van der Waals surface area contributed by atoms with Crippen LogP contribution in [0.15, 0.2) is 24.3 Å². The van der Waals surface area contributed by atoms with Crippen LogP contribution in [0.5, 0.6) is 5.75 Å². The number of hydrogen-bond acceptors (Lipinski definition) is 3. The second-order valence-corrected chi connectivity index (χ2v) is 5.72. The van der Waals surface area contributed by atoms with Crippen LogP contribution in [0.4, 0.5) is 0 Å². The van der Waals surface area contributed by atoms with Gasteiger partial charge in [0.15, 0.2) is 0 Å². The first-order chi connectivity index (χ1) is 8.97. The van der Waals surface area contributed by atoms with Crippen LogP contribution < -0.4 is 10.5 Å². The third kappa shape index (κ3) is 5.17. The van der Waals surface area contributed by atoms with Crippen molar-refractivity contribution in [1.29, 1.82) is 0 Å². The van der Waals surface area contributed by atoms with Crippen LogP contribution in [-0.2, 0) is 6.42 Å². The van der Waals surface area contributed by atoms with E-state index in [1.807, 2.05) is 24.3 Å². The molecule has 0 heterocycles. The predicted octanol–water partition coefficient (Wildman–Crippen LogP) is 2.69. The quantitative estimate of drug-likeness (QED) is 0.568. The van der Waals surface area contributed by atoms with E-state index in [9.17, 15) is 0 Å². The van der Waals surface area contributed by atoms with E-state index in [4.69, 9.17) is 27.8 Å². The zero-order valence-electron chi connectivity index (χ0n) is 11.7. The van der Waals surface area contributed by atoms with Gasteiger partial charge < -0.3 is 15.6 Å². The van der Waals surface area contributed by atoms with Gasteiger partial charge in [-0.2, -0.15) is 0 Å².